The van der Waals surface area contributed by atoms with E-state index in [1.165, 1.54) is 94.4 Å². The Hall–Kier alpha value is -8.58. The van der Waals surface area contributed by atoms with Gasteiger partial charge in [-0.25, -0.2) is 0 Å². The van der Waals surface area contributed by atoms with Crippen LogP contribution >= 0.6 is 0 Å². The fourth-order valence-corrected chi connectivity index (χ4v) is 14.6. The second-order valence-electron chi connectivity index (χ2n) is 18.9. The monoisotopic (exact) mass is 840 g/mol. The molecular formula is C60H34N5O+3. The highest BCUT2D eigenvalue weighted by atomic mass is 16.5. The summed E-state index contributed by atoms with van der Waals surface area (Å²) in [4.78, 5) is 2.54. The highest BCUT2D eigenvalue weighted by Crippen LogP contribution is 2.71. The zero-order chi connectivity index (χ0) is 42.4. The summed E-state index contributed by atoms with van der Waals surface area (Å²) in [6.45, 7) is 0. The number of hydrogen-bond acceptors (Lipinski definition) is 2. The Morgan fingerprint density at radius 3 is 1.58 bits per heavy atom. The number of nitrogens with zero attached hydrogens (tertiary/aromatic N) is 5. The Bertz CT molecular complexity index is 4110. The Kier molecular flexibility index (Phi) is 5.25. The molecule has 0 saturated heterocycles. The van der Waals surface area contributed by atoms with Gasteiger partial charge in [-0.2, -0.15) is 9.47 Å². The summed E-state index contributed by atoms with van der Waals surface area (Å²) in [5.41, 5.74) is 22.4. The Morgan fingerprint density at radius 2 is 0.909 bits per heavy atom. The van der Waals surface area contributed by atoms with E-state index in [9.17, 15) is 0 Å². The predicted octanol–water partition coefficient (Wildman–Crippen LogP) is 12.5. The van der Waals surface area contributed by atoms with Crippen molar-refractivity contribution in [3.63, 3.8) is 0 Å². The third-order valence-electron chi connectivity index (χ3n) is 16.6. The van der Waals surface area contributed by atoms with Gasteiger partial charge in [-0.05, 0) is 108 Å². The molecule has 0 radical (unpaired) electrons. The topological polar surface area (TPSA) is 25.2 Å². The lowest BCUT2D eigenvalue weighted by Crippen LogP contribution is -2.87. The van der Waals surface area contributed by atoms with Crippen LogP contribution in [0.4, 0.5) is 28.6 Å². The van der Waals surface area contributed by atoms with E-state index >= 15 is 0 Å². The first kappa shape index (κ1) is 33.0. The Morgan fingerprint density at radius 1 is 0.394 bits per heavy atom. The van der Waals surface area contributed by atoms with Crippen LogP contribution in [0.2, 0.25) is 0 Å². The van der Waals surface area contributed by atoms with E-state index in [-0.39, 0.29) is 4.70 Å². The van der Waals surface area contributed by atoms with Crippen LogP contribution in [0.3, 0.4) is 0 Å². The Balaban J connectivity index is 1.09. The first-order valence-electron chi connectivity index (χ1n) is 23.0. The van der Waals surface area contributed by atoms with Gasteiger partial charge < -0.3 is 4.74 Å². The van der Waals surface area contributed by atoms with Crippen molar-refractivity contribution in [3.8, 4) is 39.4 Å². The molecule has 1 unspecified atom stereocenters. The van der Waals surface area contributed by atoms with E-state index < -0.39 is 10.8 Å². The second kappa shape index (κ2) is 10.5. The van der Waals surface area contributed by atoms with Gasteiger partial charge in [0.05, 0.1) is 20.9 Å². The van der Waals surface area contributed by atoms with Gasteiger partial charge in [-0.3, -0.25) is 0 Å². The fraction of sp³-hybridized carbons (Fsp3) is 0.0333. The van der Waals surface area contributed by atoms with Gasteiger partial charge in [0.2, 0.25) is 22.9 Å². The minimum atomic E-state index is -0.598. The number of benzene rings is 8. The van der Waals surface area contributed by atoms with Crippen LogP contribution in [-0.2, 0) is 10.8 Å². The number of pyridine rings is 2. The summed E-state index contributed by atoms with van der Waals surface area (Å²) < 4.78 is 15.4. The molecule has 11 aromatic rings. The van der Waals surface area contributed by atoms with Gasteiger partial charge in [0.15, 0.2) is 12.4 Å². The van der Waals surface area contributed by atoms with Crippen LogP contribution in [0.25, 0.3) is 49.9 Å². The largest absolute Gasteiger partial charge is 0.444 e. The molecule has 3 aromatic heterocycles. The van der Waals surface area contributed by atoms with Crippen LogP contribution in [0.5, 0.6) is 11.5 Å². The summed E-state index contributed by atoms with van der Waals surface area (Å²) in [5.74, 6) is 2.78. The number of hydrogen-bond donors (Lipinski definition) is 0. The summed E-state index contributed by atoms with van der Waals surface area (Å²) >= 11 is 0. The zero-order valence-corrected chi connectivity index (χ0v) is 35.3. The molecule has 66 heavy (non-hydrogen) atoms. The molecule has 7 aliphatic rings. The van der Waals surface area contributed by atoms with Crippen molar-refractivity contribution >= 4 is 50.5 Å². The van der Waals surface area contributed by atoms with E-state index in [0.717, 1.165) is 40.0 Å². The number of fused-ring (bicyclic) bond motifs is 19. The van der Waals surface area contributed by atoms with Gasteiger partial charge in [-0.15, -0.1) is 0 Å². The lowest BCUT2D eigenvalue weighted by atomic mass is 9.64. The number of rotatable bonds is 0. The summed E-state index contributed by atoms with van der Waals surface area (Å²) in [5, 5.41) is 2.47. The fourth-order valence-electron chi connectivity index (χ4n) is 14.6. The number of anilines is 3. The normalized spacial score (nSPS) is 18.1. The van der Waals surface area contributed by atoms with E-state index in [1.807, 2.05) is 0 Å². The van der Waals surface area contributed by atoms with Crippen molar-refractivity contribution in [1.82, 2.24) is 9.27 Å². The average molecular weight is 841 g/mol. The van der Waals surface area contributed by atoms with Crippen molar-refractivity contribution in [2.75, 3.05) is 4.90 Å². The molecule has 302 valence electrons. The maximum absolute atomic E-state index is 7.51. The summed E-state index contributed by atoms with van der Waals surface area (Å²) in [6, 6.07) is 73.2. The lowest BCUT2D eigenvalue weighted by molar-refractivity contribution is -1.03. The average Bonchev–Trinajstić information content (AvgIpc) is 3.99. The molecule has 8 heterocycles. The maximum atomic E-state index is 7.51. The van der Waals surface area contributed by atoms with Gasteiger partial charge >= 0.3 is 22.8 Å². The first-order valence-corrected chi connectivity index (χ1v) is 23.0. The SMILES string of the molecule is c1ccc2c(c1)-c1ccccc1C21c2ccccc2N2c3c1ccc1c3[N+]3(c4c(ccc5c4-n4c6c(cccc6c6ccc[n+]3c64)C53c4ccccc4-c4ccccc43)O1)[n+]1ccccc12. The van der Waals surface area contributed by atoms with Crippen molar-refractivity contribution < 1.29 is 14.1 Å². The van der Waals surface area contributed by atoms with Gasteiger partial charge in [-0.1, -0.05) is 133 Å². The molecule has 5 aliphatic heterocycles. The lowest BCUT2D eigenvalue weighted by Gasteiger charge is -2.47. The quantitative estimate of drug-likeness (QED) is 0.112. The van der Waals surface area contributed by atoms with Crippen LogP contribution < -0.4 is 23.7 Å². The molecule has 0 N–H and O–H groups in total. The van der Waals surface area contributed by atoms with E-state index in [1.54, 1.807) is 0 Å². The van der Waals surface area contributed by atoms with E-state index in [4.69, 9.17) is 4.74 Å². The molecule has 3 spiro atoms. The standard InChI is InChI=1S/C60H34N5O/c1-5-21-41-35(15-1)36-16-2-6-22-42(36)59(41)45-25-9-10-27-49(45)63-52-28-11-12-33-61(52)65-56-50(31-29-47(59)54(56)63)66-51-32-30-48-55(57(51)65)64-53-39(40-20-14-34-62(65)58(40)64)19-13-26-46(53)60(48)43-23-7-3-17-37(43)38-18-4-8-24-44(38)60/h1-34H/q+3. The maximum Gasteiger partial charge on any atom is 0.350 e. The number of ether oxygens (including phenoxy) is 1. The van der Waals surface area contributed by atoms with Gasteiger partial charge in [0.1, 0.15) is 11.2 Å². The van der Waals surface area contributed by atoms with Crippen molar-refractivity contribution in [2.45, 2.75) is 10.8 Å². The molecule has 6 heteroatoms. The van der Waals surface area contributed by atoms with Crippen LogP contribution in [-0.4, -0.2) is 4.57 Å². The molecule has 2 aliphatic carbocycles. The third kappa shape index (κ3) is 3.06. The van der Waals surface area contributed by atoms with Crippen LogP contribution in [0, 0.1) is 0 Å². The van der Waals surface area contributed by atoms with E-state index in [0.29, 0.717) is 0 Å². The van der Waals surface area contributed by atoms with Crippen molar-refractivity contribution in [2.24, 2.45) is 0 Å². The number of aromatic nitrogens is 3. The predicted molar refractivity (Wildman–Crippen MR) is 256 cm³/mol. The van der Waals surface area contributed by atoms with Crippen LogP contribution in [0.1, 0.15) is 44.5 Å². The number of quaternary nitrogens is 1. The van der Waals surface area contributed by atoms with E-state index in [2.05, 4.69) is 225 Å². The highest BCUT2D eigenvalue weighted by Gasteiger charge is 2.72. The molecule has 6 nitrogen and oxygen atoms in total. The molecule has 0 saturated carbocycles. The molecule has 1 atom stereocenters. The third-order valence-corrected chi connectivity index (χ3v) is 16.6. The van der Waals surface area contributed by atoms with Gasteiger partial charge in [0, 0.05) is 33.7 Å². The molecule has 0 bridgehead atoms. The molecule has 0 amide bonds. The number of para-hydroxylation sites is 2. The van der Waals surface area contributed by atoms with Crippen molar-refractivity contribution in [3.05, 3.63) is 251 Å². The minimum absolute atomic E-state index is 0.244. The highest BCUT2D eigenvalue weighted by molar-refractivity contribution is 6.13. The Labute approximate surface area is 378 Å². The first-order chi connectivity index (χ1) is 32.8. The summed E-state index contributed by atoms with van der Waals surface area (Å²) in [7, 11) is 0. The minimum Gasteiger partial charge on any atom is -0.444 e. The zero-order valence-electron chi connectivity index (χ0n) is 35.3. The molecule has 0 fully saturated rings. The van der Waals surface area contributed by atoms with Crippen LogP contribution in [0.15, 0.2) is 207 Å². The second-order valence-corrected chi connectivity index (χ2v) is 18.9. The summed E-state index contributed by atoms with van der Waals surface area (Å²) in [6.07, 6.45) is 4.61. The molecule has 8 aromatic carbocycles. The molecular weight excluding hydrogens is 807 g/mol. The smallest absolute Gasteiger partial charge is 0.350 e. The van der Waals surface area contributed by atoms with Gasteiger partial charge in [0.25, 0.3) is 0 Å². The van der Waals surface area contributed by atoms with Crippen molar-refractivity contribution in [1.29, 1.82) is 0 Å². The molecule has 18 rings (SSSR count).